The van der Waals surface area contributed by atoms with Gasteiger partial charge in [0.15, 0.2) is 0 Å². The van der Waals surface area contributed by atoms with Crippen LogP contribution in [0.2, 0.25) is 0 Å². The molecule has 0 aliphatic carbocycles. The molecule has 0 bridgehead atoms. The molecule has 0 saturated carbocycles. The summed E-state index contributed by atoms with van der Waals surface area (Å²) in [6.45, 7) is 1.13. The van der Waals surface area contributed by atoms with Crippen LogP contribution in [0.5, 0.6) is 11.5 Å². The number of benzene rings is 2. The number of carbonyl (C=O) groups is 2. The zero-order valence-electron chi connectivity index (χ0n) is 18.3. The summed E-state index contributed by atoms with van der Waals surface area (Å²) >= 11 is 0. The van der Waals surface area contributed by atoms with Gasteiger partial charge in [-0.3, -0.25) is 9.59 Å². The van der Waals surface area contributed by atoms with E-state index in [-0.39, 0.29) is 11.3 Å². The minimum Gasteiger partial charge on any atom is -0.507 e. The van der Waals surface area contributed by atoms with E-state index in [9.17, 15) is 14.7 Å². The summed E-state index contributed by atoms with van der Waals surface area (Å²) in [6.07, 6.45) is 0.681. The number of Topliss-reactive ketones (excluding diaryl/α,β-unsaturated/α-hetero) is 1. The first kappa shape index (κ1) is 22.4. The van der Waals surface area contributed by atoms with Crippen LogP contribution >= 0.6 is 0 Å². The lowest BCUT2D eigenvalue weighted by Gasteiger charge is -2.27. The fourth-order valence-electron chi connectivity index (χ4n) is 3.79. The van der Waals surface area contributed by atoms with Gasteiger partial charge >= 0.3 is 0 Å². The smallest absolute Gasteiger partial charge is 0.295 e. The molecule has 164 valence electrons. The molecular weight excluding hydrogens is 396 g/mol. The molecule has 0 radical (unpaired) electrons. The van der Waals surface area contributed by atoms with Gasteiger partial charge in [0, 0.05) is 23.7 Å². The van der Waals surface area contributed by atoms with E-state index in [0.29, 0.717) is 35.6 Å². The molecule has 1 amide bonds. The number of carbonyl (C=O) groups excluding carboxylic acids is 2. The van der Waals surface area contributed by atoms with Crippen LogP contribution in [0.1, 0.15) is 23.6 Å². The lowest BCUT2D eigenvalue weighted by molar-refractivity contribution is -0.140. The van der Waals surface area contributed by atoms with E-state index in [1.54, 1.807) is 49.6 Å². The molecule has 1 aliphatic rings. The van der Waals surface area contributed by atoms with Crippen molar-refractivity contribution in [2.75, 3.05) is 41.4 Å². The summed E-state index contributed by atoms with van der Waals surface area (Å²) in [5.74, 6) is -0.457. The first-order valence-electron chi connectivity index (χ1n) is 10.1. The van der Waals surface area contributed by atoms with Crippen LogP contribution in [0.25, 0.3) is 5.76 Å². The van der Waals surface area contributed by atoms with Gasteiger partial charge in [0.1, 0.15) is 17.3 Å². The number of ether oxygens (including phenoxy) is 2. The number of hydrogen-bond acceptors (Lipinski definition) is 6. The Bertz CT molecular complexity index is 985. The maximum atomic E-state index is 13.0. The van der Waals surface area contributed by atoms with Crippen LogP contribution < -0.4 is 9.47 Å². The molecule has 7 heteroatoms. The second-order valence-corrected chi connectivity index (χ2v) is 7.62. The third-order valence-corrected chi connectivity index (χ3v) is 5.33. The largest absolute Gasteiger partial charge is 0.507 e. The first-order chi connectivity index (χ1) is 14.9. The number of rotatable bonds is 8. The maximum absolute atomic E-state index is 13.0. The molecule has 1 fully saturated rings. The van der Waals surface area contributed by atoms with Gasteiger partial charge in [-0.1, -0.05) is 30.3 Å². The fourth-order valence-corrected chi connectivity index (χ4v) is 3.79. The third-order valence-electron chi connectivity index (χ3n) is 5.33. The number of hydrogen-bond donors (Lipinski definition) is 1. The van der Waals surface area contributed by atoms with Gasteiger partial charge in [-0.05, 0) is 39.2 Å². The number of aliphatic hydroxyl groups excluding tert-OH is 1. The molecule has 0 aromatic heterocycles. The zero-order valence-corrected chi connectivity index (χ0v) is 18.3. The highest BCUT2D eigenvalue weighted by Gasteiger charge is 2.46. The normalized spacial score (nSPS) is 18.0. The van der Waals surface area contributed by atoms with Crippen LogP contribution in [-0.2, 0) is 9.59 Å². The van der Waals surface area contributed by atoms with E-state index in [2.05, 4.69) is 0 Å². The van der Waals surface area contributed by atoms with Crippen molar-refractivity contribution in [3.05, 3.63) is 65.2 Å². The van der Waals surface area contributed by atoms with Crippen LogP contribution in [0.3, 0.4) is 0 Å². The quantitative estimate of drug-likeness (QED) is 0.399. The van der Waals surface area contributed by atoms with Gasteiger partial charge in [0.05, 0.1) is 25.8 Å². The Morgan fingerprint density at radius 3 is 2.39 bits per heavy atom. The highest BCUT2D eigenvalue weighted by Crippen LogP contribution is 2.43. The Morgan fingerprint density at radius 1 is 1.06 bits per heavy atom. The molecule has 2 aromatic rings. The van der Waals surface area contributed by atoms with Crippen LogP contribution in [0.15, 0.2) is 54.1 Å². The molecule has 1 atom stereocenters. The zero-order chi connectivity index (χ0) is 22.5. The minimum absolute atomic E-state index is 0.0597. The summed E-state index contributed by atoms with van der Waals surface area (Å²) in [4.78, 5) is 29.6. The highest BCUT2D eigenvalue weighted by atomic mass is 16.5. The Labute approximate surface area is 182 Å². The van der Waals surface area contributed by atoms with Crippen LogP contribution in [0, 0.1) is 0 Å². The van der Waals surface area contributed by atoms with Crippen LogP contribution in [0.4, 0.5) is 0 Å². The summed E-state index contributed by atoms with van der Waals surface area (Å²) < 4.78 is 10.8. The van der Waals surface area contributed by atoms with Crippen LogP contribution in [-0.4, -0.2) is 68.0 Å². The Hall–Kier alpha value is -3.32. The number of nitrogens with zero attached hydrogens (tertiary/aromatic N) is 2. The van der Waals surface area contributed by atoms with E-state index in [1.165, 1.54) is 12.0 Å². The third kappa shape index (κ3) is 4.56. The minimum atomic E-state index is -0.761. The van der Waals surface area contributed by atoms with Crippen molar-refractivity contribution in [1.29, 1.82) is 0 Å². The summed E-state index contributed by atoms with van der Waals surface area (Å²) in [5, 5.41) is 11.0. The van der Waals surface area contributed by atoms with Gasteiger partial charge in [0.25, 0.3) is 11.7 Å². The maximum Gasteiger partial charge on any atom is 0.295 e. The molecule has 1 heterocycles. The molecule has 3 rings (SSSR count). The first-order valence-corrected chi connectivity index (χ1v) is 10.1. The van der Waals surface area contributed by atoms with E-state index in [1.807, 2.05) is 25.1 Å². The fraction of sp³-hybridized carbons (Fsp3) is 0.333. The van der Waals surface area contributed by atoms with Crippen molar-refractivity contribution >= 4 is 17.4 Å². The Kier molecular flexibility index (Phi) is 6.97. The van der Waals surface area contributed by atoms with Gasteiger partial charge in [-0.2, -0.15) is 0 Å². The lowest BCUT2D eigenvalue weighted by Crippen LogP contribution is -2.32. The van der Waals surface area contributed by atoms with E-state index in [0.717, 1.165) is 6.54 Å². The van der Waals surface area contributed by atoms with Crippen molar-refractivity contribution < 1.29 is 24.2 Å². The predicted octanol–water partition coefficient (Wildman–Crippen LogP) is 3.08. The molecule has 0 spiro atoms. The number of aliphatic hydroxyl groups is 1. The molecule has 1 unspecified atom stereocenters. The molecule has 7 nitrogen and oxygen atoms in total. The molecule has 1 aliphatic heterocycles. The predicted molar refractivity (Wildman–Crippen MR) is 118 cm³/mol. The summed E-state index contributed by atoms with van der Waals surface area (Å²) in [7, 11) is 6.98. The topological polar surface area (TPSA) is 79.3 Å². The van der Waals surface area contributed by atoms with Gasteiger partial charge in [-0.15, -0.1) is 0 Å². The average Bonchev–Trinajstić information content (AvgIpc) is 3.03. The second kappa shape index (κ2) is 9.66. The molecule has 1 saturated heterocycles. The number of ketones is 1. The second-order valence-electron chi connectivity index (χ2n) is 7.62. The number of likely N-dealkylation sites (tertiary alicyclic amines) is 1. The van der Waals surface area contributed by atoms with Gasteiger partial charge < -0.3 is 24.4 Å². The molecule has 2 aromatic carbocycles. The SMILES string of the molecule is COc1ccc(C2/C(=C(/O)c3ccccc3)C(=O)C(=O)N2CCCN(C)C)c(OC)c1. The highest BCUT2D eigenvalue weighted by molar-refractivity contribution is 6.46. The molecule has 31 heavy (non-hydrogen) atoms. The number of amides is 1. The Morgan fingerprint density at radius 2 is 1.77 bits per heavy atom. The standard InChI is InChI=1S/C24H28N2O5/c1-25(2)13-8-14-26-21(18-12-11-17(30-3)15-19(18)31-4)20(23(28)24(26)29)22(27)16-9-6-5-7-10-16/h5-7,9-12,15,21,27H,8,13-14H2,1-4H3/b22-20-. The van der Waals surface area contributed by atoms with Crippen molar-refractivity contribution in [2.45, 2.75) is 12.5 Å². The van der Waals surface area contributed by atoms with Crippen molar-refractivity contribution in [1.82, 2.24) is 9.80 Å². The van der Waals surface area contributed by atoms with Crippen molar-refractivity contribution in [2.24, 2.45) is 0 Å². The van der Waals surface area contributed by atoms with Crippen molar-refractivity contribution in [3.63, 3.8) is 0 Å². The monoisotopic (exact) mass is 424 g/mol. The van der Waals surface area contributed by atoms with Gasteiger partial charge in [-0.25, -0.2) is 0 Å². The van der Waals surface area contributed by atoms with E-state index < -0.39 is 17.7 Å². The van der Waals surface area contributed by atoms with E-state index >= 15 is 0 Å². The number of methoxy groups -OCH3 is 2. The summed E-state index contributed by atoms with van der Waals surface area (Å²) in [5.41, 5.74) is 1.15. The molecular formula is C24H28N2O5. The van der Waals surface area contributed by atoms with Gasteiger partial charge in [0.2, 0.25) is 0 Å². The lowest BCUT2D eigenvalue weighted by atomic mass is 9.94. The van der Waals surface area contributed by atoms with E-state index in [4.69, 9.17) is 9.47 Å². The van der Waals surface area contributed by atoms with Crippen molar-refractivity contribution in [3.8, 4) is 11.5 Å². The average molecular weight is 424 g/mol. The molecule has 1 N–H and O–H groups in total. The Balaban J connectivity index is 2.15. The summed E-state index contributed by atoms with van der Waals surface area (Å²) in [6, 6.07) is 13.2.